The fraction of sp³-hybridized carbons (Fsp3) is 0.222. The van der Waals surface area contributed by atoms with E-state index < -0.39 is 12.0 Å². The summed E-state index contributed by atoms with van der Waals surface area (Å²) >= 11 is 0. The van der Waals surface area contributed by atoms with Crippen LogP contribution in [0.5, 0.6) is 5.75 Å². The number of nitrogens with two attached hydrogens (primary N) is 1. The highest BCUT2D eigenvalue weighted by Crippen LogP contribution is 2.27. The molecule has 0 saturated heterocycles. The summed E-state index contributed by atoms with van der Waals surface area (Å²) in [5.74, 6) is -1.27. The standard InChI is InChI=1S/C9H10N4O3/c10-6(9(15)16)3-5-1-2-8(14)7(4-5)12-13-11/h1-2,4,6,14H,3,10H2,(H,15,16). The SMILES string of the molecule is [N-]=[N+]=Nc1cc(CC(N)C(=O)O)ccc1O. The van der Waals surface area contributed by atoms with Gasteiger partial charge in [-0.1, -0.05) is 11.2 Å². The van der Waals surface area contributed by atoms with Crippen LogP contribution in [0.2, 0.25) is 0 Å². The number of aliphatic carboxylic acids is 1. The number of nitrogens with zero attached hydrogens (tertiary/aromatic N) is 3. The molecule has 1 atom stereocenters. The van der Waals surface area contributed by atoms with Gasteiger partial charge in [-0.05, 0) is 29.6 Å². The minimum absolute atomic E-state index is 0.0533. The van der Waals surface area contributed by atoms with Crippen LogP contribution >= 0.6 is 0 Å². The lowest BCUT2D eigenvalue weighted by Gasteiger charge is -2.07. The second kappa shape index (κ2) is 5.01. The number of carbonyl (C=O) groups is 1. The molecule has 1 unspecified atom stereocenters. The average Bonchev–Trinajstić information content (AvgIpc) is 2.23. The third kappa shape index (κ3) is 2.88. The molecule has 16 heavy (non-hydrogen) atoms. The molecule has 1 aromatic carbocycles. The van der Waals surface area contributed by atoms with Crippen LogP contribution in [0.1, 0.15) is 5.56 Å². The molecule has 7 nitrogen and oxygen atoms in total. The first-order valence-electron chi connectivity index (χ1n) is 4.40. The number of carboxylic acid groups (broad SMARTS) is 1. The zero-order valence-electron chi connectivity index (χ0n) is 8.24. The quantitative estimate of drug-likeness (QED) is 0.402. The molecule has 0 saturated carbocycles. The van der Waals surface area contributed by atoms with Gasteiger partial charge in [0.25, 0.3) is 0 Å². The van der Waals surface area contributed by atoms with E-state index in [0.717, 1.165) is 0 Å². The van der Waals surface area contributed by atoms with Crippen LogP contribution in [0, 0.1) is 0 Å². The lowest BCUT2D eigenvalue weighted by atomic mass is 10.1. The predicted molar refractivity (Wildman–Crippen MR) is 56.2 cm³/mol. The molecule has 1 aromatic rings. The fourth-order valence-corrected chi connectivity index (χ4v) is 1.17. The highest BCUT2D eigenvalue weighted by atomic mass is 16.4. The molecular formula is C9H10N4O3. The maximum Gasteiger partial charge on any atom is 0.320 e. The Hall–Kier alpha value is -2.24. The number of azide groups is 1. The molecule has 0 aliphatic carbocycles. The Bertz CT molecular complexity index is 454. The molecule has 1 rings (SSSR count). The maximum atomic E-state index is 10.5. The lowest BCUT2D eigenvalue weighted by Crippen LogP contribution is -2.32. The van der Waals surface area contributed by atoms with Crippen LogP contribution in [-0.4, -0.2) is 22.2 Å². The van der Waals surface area contributed by atoms with E-state index >= 15 is 0 Å². The number of hydrogen-bond donors (Lipinski definition) is 3. The molecule has 0 aromatic heterocycles. The van der Waals surface area contributed by atoms with Crippen molar-refractivity contribution < 1.29 is 15.0 Å². The van der Waals surface area contributed by atoms with Crippen molar-refractivity contribution in [1.29, 1.82) is 0 Å². The van der Waals surface area contributed by atoms with Gasteiger partial charge in [0.2, 0.25) is 0 Å². The Morgan fingerprint density at radius 2 is 2.31 bits per heavy atom. The van der Waals surface area contributed by atoms with Gasteiger partial charge in [-0.25, -0.2) is 0 Å². The van der Waals surface area contributed by atoms with E-state index in [4.69, 9.17) is 16.4 Å². The topological polar surface area (TPSA) is 132 Å². The van der Waals surface area contributed by atoms with Crippen LogP contribution in [-0.2, 0) is 11.2 Å². The largest absolute Gasteiger partial charge is 0.507 e. The summed E-state index contributed by atoms with van der Waals surface area (Å²) < 4.78 is 0. The first-order chi connectivity index (χ1) is 7.54. The van der Waals surface area contributed by atoms with E-state index in [1.165, 1.54) is 18.2 Å². The first-order valence-corrected chi connectivity index (χ1v) is 4.40. The van der Waals surface area contributed by atoms with Crippen LogP contribution in [0.15, 0.2) is 23.3 Å². The van der Waals surface area contributed by atoms with Gasteiger partial charge in [-0.15, -0.1) is 0 Å². The molecule has 0 amide bonds. The molecule has 7 heteroatoms. The summed E-state index contributed by atoms with van der Waals surface area (Å²) in [6.45, 7) is 0. The van der Waals surface area contributed by atoms with E-state index in [1.807, 2.05) is 0 Å². The smallest absolute Gasteiger partial charge is 0.320 e. The van der Waals surface area contributed by atoms with Crippen LogP contribution in [0.3, 0.4) is 0 Å². The number of hydrogen-bond acceptors (Lipinski definition) is 4. The molecule has 4 N–H and O–H groups in total. The summed E-state index contributed by atoms with van der Waals surface area (Å²) in [4.78, 5) is 13.1. The highest BCUT2D eigenvalue weighted by molar-refractivity contribution is 5.73. The molecule has 0 fully saturated rings. The Kier molecular flexibility index (Phi) is 3.71. The summed E-state index contributed by atoms with van der Waals surface area (Å²) in [6, 6.07) is 3.23. The molecule has 0 aliphatic rings. The number of phenols is 1. The number of benzene rings is 1. The van der Waals surface area contributed by atoms with E-state index in [9.17, 15) is 9.90 Å². The van der Waals surface area contributed by atoms with Gasteiger partial charge in [0.15, 0.2) is 0 Å². The van der Waals surface area contributed by atoms with Gasteiger partial charge in [0.05, 0.1) is 5.69 Å². The zero-order valence-corrected chi connectivity index (χ0v) is 8.24. The number of aromatic hydroxyl groups is 1. The molecule has 84 valence electrons. The Labute approximate surface area is 90.7 Å². The van der Waals surface area contributed by atoms with Gasteiger partial charge in [0, 0.05) is 4.91 Å². The summed E-state index contributed by atoms with van der Waals surface area (Å²) in [6.07, 6.45) is 0.101. The minimum Gasteiger partial charge on any atom is -0.507 e. The van der Waals surface area contributed by atoms with Crippen molar-refractivity contribution in [3.63, 3.8) is 0 Å². The van der Waals surface area contributed by atoms with Crippen molar-refractivity contribution in [3.8, 4) is 5.75 Å². The molecular weight excluding hydrogens is 212 g/mol. The lowest BCUT2D eigenvalue weighted by molar-refractivity contribution is -0.138. The van der Waals surface area contributed by atoms with Gasteiger partial charge < -0.3 is 15.9 Å². The van der Waals surface area contributed by atoms with E-state index in [-0.39, 0.29) is 17.9 Å². The van der Waals surface area contributed by atoms with Crippen LogP contribution in [0.4, 0.5) is 5.69 Å². The Balaban J connectivity index is 2.94. The van der Waals surface area contributed by atoms with Crippen molar-refractivity contribution in [3.05, 3.63) is 34.2 Å². The Morgan fingerprint density at radius 3 is 2.88 bits per heavy atom. The number of carboxylic acids is 1. The fourth-order valence-electron chi connectivity index (χ4n) is 1.17. The van der Waals surface area contributed by atoms with Crippen molar-refractivity contribution in [2.75, 3.05) is 0 Å². The number of phenolic OH excluding ortho intramolecular Hbond substituents is 1. The van der Waals surface area contributed by atoms with Gasteiger partial charge in [0.1, 0.15) is 11.8 Å². The third-order valence-corrected chi connectivity index (χ3v) is 1.97. The van der Waals surface area contributed by atoms with E-state index in [1.54, 1.807) is 0 Å². The first kappa shape index (κ1) is 11.8. The second-order valence-electron chi connectivity index (χ2n) is 3.16. The van der Waals surface area contributed by atoms with Crippen molar-refractivity contribution in [2.45, 2.75) is 12.5 Å². The molecule has 0 radical (unpaired) electrons. The molecule has 0 aliphatic heterocycles. The number of rotatable bonds is 4. The van der Waals surface area contributed by atoms with Crippen molar-refractivity contribution in [1.82, 2.24) is 0 Å². The van der Waals surface area contributed by atoms with Crippen molar-refractivity contribution >= 4 is 11.7 Å². The van der Waals surface area contributed by atoms with Gasteiger partial charge >= 0.3 is 5.97 Å². The van der Waals surface area contributed by atoms with Gasteiger partial charge in [-0.2, -0.15) is 0 Å². The molecule has 0 spiro atoms. The van der Waals surface area contributed by atoms with Gasteiger partial charge in [-0.3, -0.25) is 4.79 Å². The predicted octanol–water partition coefficient (Wildman–Crippen LogP) is 1.29. The summed E-state index contributed by atoms with van der Waals surface area (Å²) in [7, 11) is 0. The van der Waals surface area contributed by atoms with Crippen LogP contribution < -0.4 is 5.73 Å². The summed E-state index contributed by atoms with van der Waals surface area (Å²) in [5, 5.41) is 21.2. The minimum atomic E-state index is -1.11. The average molecular weight is 222 g/mol. The van der Waals surface area contributed by atoms with Crippen molar-refractivity contribution in [2.24, 2.45) is 10.8 Å². The molecule has 0 heterocycles. The van der Waals surface area contributed by atoms with E-state index in [0.29, 0.717) is 5.56 Å². The van der Waals surface area contributed by atoms with E-state index in [2.05, 4.69) is 10.0 Å². The summed E-state index contributed by atoms with van der Waals surface area (Å²) in [5.41, 5.74) is 14.2. The third-order valence-electron chi connectivity index (χ3n) is 1.97. The Morgan fingerprint density at radius 1 is 1.62 bits per heavy atom. The molecule has 0 bridgehead atoms. The zero-order chi connectivity index (χ0) is 12.1. The maximum absolute atomic E-state index is 10.5. The normalized spacial score (nSPS) is 11.6. The highest BCUT2D eigenvalue weighted by Gasteiger charge is 2.12. The van der Waals surface area contributed by atoms with Crippen LogP contribution in [0.25, 0.3) is 10.4 Å². The second-order valence-corrected chi connectivity index (χ2v) is 3.16. The monoisotopic (exact) mass is 222 g/mol.